The highest BCUT2D eigenvalue weighted by molar-refractivity contribution is 6.00. The van der Waals surface area contributed by atoms with Crippen LogP contribution in [0, 0.1) is 0 Å². The van der Waals surface area contributed by atoms with Gasteiger partial charge in [0.1, 0.15) is 11.8 Å². The minimum absolute atomic E-state index is 0.112. The molecule has 7 nitrogen and oxygen atoms in total. The van der Waals surface area contributed by atoms with Gasteiger partial charge in [0.25, 0.3) is 11.8 Å². The number of hydrogen-bond donors (Lipinski definition) is 2. The monoisotopic (exact) mass is 352 g/mol. The lowest BCUT2D eigenvalue weighted by atomic mass is 9.93. The summed E-state index contributed by atoms with van der Waals surface area (Å²) in [7, 11) is 0. The summed E-state index contributed by atoms with van der Waals surface area (Å²) in [6.45, 7) is 0.125. The number of amides is 2. The van der Waals surface area contributed by atoms with E-state index in [4.69, 9.17) is 4.74 Å². The smallest absolute Gasteiger partial charge is 0.326 e. The van der Waals surface area contributed by atoms with Crippen LogP contribution in [0.2, 0.25) is 0 Å². The summed E-state index contributed by atoms with van der Waals surface area (Å²) >= 11 is 0. The van der Waals surface area contributed by atoms with Crippen molar-refractivity contribution in [2.24, 2.45) is 0 Å². The number of carbonyl (C=O) groups excluding carboxylic acids is 2. The summed E-state index contributed by atoms with van der Waals surface area (Å²) in [6.07, 6.45) is 0.273. The first-order chi connectivity index (χ1) is 12.5. The standard InChI is InChI=1S/C19H16N2O5/c22-17-10-26-16-8-12(5-6-14(16)20-17)18(23)21-9-13-4-2-1-3-11(13)7-15(21)19(24)25/h1-6,8,15H,7,9-10H2,(H,20,22)(H,24,25)/t15-/m0/s1. The van der Waals surface area contributed by atoms with E-state index in [9.17, 15) is 19.5 Å². The number of aliphatic carboxylic acids is 1. The molecule has 0 unspecified atom stereocenters. The molecule has 26 heavy (non-hydrogen) atoms. The summed E-state index contributed by atoms with van der Waals surface area (Å²) in [6, 6.07) is 11.3. The zero-order chi connectivity index (χ0) is 18.3. The van der Waals surface area contributed by atoms with Crippen LogP contribution in [0.25, 0.3) is 0 Å². The molecule has 0 radical (unpaired) electrons. The summed E-state index contributed by atoms with van der Waals surface area (Å²) in [4.78, 5) is 37.4. The number of nitrogens with zero attached hydrogens (tertiary/aromatic N) is 1. The first-order valence-electron chi connectivity index (χ1n) is 8.20. The van der Waals surface area contributed by atoms with Gasteiger partial charge >= 0.3 is 5.97 Å². The molecule has 1 atom stereocenters. The third-order valence-electron chi connectivity index (χ3n) is 4.66. The molecule has 0 saturated carbocycles. The Hall–Kier alpha value is -3.35. The Morgan fingerprint density at radius 3 is 2.69 bits per heavy atom. The Labute approximate surface area is 149 Å². The van der Waals surface area contributed by atoms with Crippen molar-refractivity contribution in [3.8, 4) is 5.75 Å². The van der Waals surface area contributed by atoms with Crippen molar-refractivity contribution in [2.45, 2.75) is 19.0 Å². The van der Waals surface area contributed by atoms with Gasteiger partial charge < -0.3 is 20.1 Å². The van der Waals surface area contributed by atoms with Gasteiger partial charge in [0.15, 0.2) is 6.61 Å². The van der Waals surface area contributed by atoms with Gasteiger partial charge in [0, 0.05) is 18.5 Å². The maximum Gasteiger partial charge on any atom is 0.326 e. The molecule has 2 aromatic rings. The highest BCUT2D eigenvalue weighted by Gasteiger charge is 2.35. The summed E-state index contributed by atoms with van der Waals surface area (Å²) in [5.41, 5.74) is 2.71. The molecule has 0 aromatic heterocycles. The van der Waals surface area contributed by atoms with Crippen molar-refractivity contribution in [2.75, 3.05) is 11.9 Å². The maximum atomic E-state index is 13.0. The summed E-state index contributed by atoms with van der Waals surface area (Å²) in [5.74, 6) is -1.26. The lowest BCUT2D eigenvalue weighted by Gasteiger charge is -2.34. The molecule has 2 aliphatic heterocycles. The van der Waals surface area contributed by atoms with Crippen molar-refractivity contribution in [3.63, 3.8) is 0 Å². The van der Waals surface area contributed by atoms with Crippen molar-refractivity contribution in [3.05, 3.63) is 59.2 Å². The quantitative estimate of drug-likeness (QED) is 0.857. The third kappa shape index (κ3) is 2.77. The number of fused-ring (bicyclic) bond motifs is 2. The number of nitrogens with one attached hydrogen (secondary N) is 1. The second-order valence-corrected chi connectivity index (χ2v) is 6.31. The lowest BCUT2D eigenvalue weighted by molar-refractivity contribution is -0.142. The molecule has 2 heterocycles. The van der Waals surface area contributed by atoms with E-state index in [1.54, 1.807) is 12.1 Å². The predicted molar refractivity (Wildman–Crippen MR) is 92.0 cm³/mol. The Morgan fingerprint density at radius 2 is 1.92 bits per heavy atom. The van der Waals surface area contributed by atoms with Gasteiger partial charge in [-0.25, -0.2) is 4.79 Å². The molecule has 2 aromatic carbocycles. The molecule has 2 aliphatic rings. The molecule has 2 N–H and O–H groups in total. The van der Waals surface area contributed by atoms with Crippen LogP contribution in [-0.4, -0.2) is 40.4 Å². The molecule has 0 saturated heterocycles. The zero-order valence-electron chi connectivity index (χ0n) is 13.8. The number of carboxylic acid groups (broad SMARTS) is 1. The second-order valence-electron chi connectivity index (χ2n) is 6.31. The maximum absolute atomic E-state index is 13.0. The molecule has 132 valence electrons. The highest BCUT2D eigenvalue weighted by Crippen LogP contribution is 2.31. The van der Waals surface area contributed by atoms with E-state index in [-0.39, 0.29) is 31.4 Å². The fourth-order valence-electron chi connectivity index (χ4n) is 3.33. The summed E-state index contributed by atoms with van der Waals surface area (Å²) < 4.78 is 5.35. The van der Waals surface area contributed by atoms with Crippen LogP contribution in [-0.2, 0) is 22.6 Å². The Morgan fingerprint density at radius 1 is 1.15 bits per heavy atom. The molecule has 7 heteroatoms. The zero-order valence-corrected chi connectivity index (χ0v) is 13.8. The second kappa shape index (κ2) is 6.18. The number of benzene rings is 2. The molecular weight excluding hydrogens is 336 g/mol. The molecule has 0 fully saturated rings. The Bertz CT molecular complexity index is 924. The van der Waals surface area contributed by atoms with E-state index < -0.39 is 12.0 Å². The van der Waals surface area contributed by atoms with Gasteiger partial charge in [-0.05, 0) is 29.3 Å². The Balaban J connectivity index is 1.66. The van der Waals surface area contributed by atoms with Crippen LogP contribution in [0.1, 0.15) is 21.5 Å². The average Bonchev–Trinajstić information content (AvgIpc) is 2.65. The van der Waals surface area contributed by atoms with Gasteiger partial charge in [-0.2, -0.15) is 0 Å². The summed E-state index contributed by atoms with van der Waals surface area (Å²) in [5, 5.41) is 12.2. The highest BCUT2D eigenvalue weighted by atomic mass is 16.5. The van der Waals surface area contributed by atoms with E-state index in [0.717, 1.165) is 11.1 Å². The number of ether oxygens (including phenoxy) is 1. The van der Waals surface area contributed by atoms with E-state index in [1.807, 2.05) is 24.3 Å². The van der Waals surface area contributed by atoms with Crippen LogP contribution in [0.4, 0.5) is 5.69 Å². The fraction of sp³-hybridized carbons (Fsp3) is 0.211. The van der Waals surface area contributed by atoms with E-state index in [1.165, 1.54) is 11.0 Å². The van der Waals surface area contributed by atoms with E-state index in [2.05, 4.69) is 5.32 Å². The number of carboxylic acids is 1. The first-order valence-corrected chi connectivity index (χ1v) is 8.20. The van der Waals surface area contributed by atoms with Crippen molar-refractivity contribution >= 4 is 23.5 Å². The van der Waals surface area contributed by atoms with Crippen LogP contribution < -0.4 is 10.1 Å². The van der Waals surface area contributed by atoms with Crippen LogP contribution >= 0.6 is 0 Å². The minimum atomic E-state index is -1.03. The van der Waals surface area contributed by atoms with Crippen molar-refractivity contribution < 1.29 is 24.2 Å². The molecule has 2 amide bonds. The molecule has 0 spiro atoms. The van der Waals surface area contributed by atoms with Crippen molar-refractivity contribution in [1.82, 2.24) is 4.90 Å². The predicted octanol–water partition coefficient (Wildman–Crippen LogP) is 1.67. The minimum Gasteiger partial charge on any atom is -0.482 e. The SMILES string of the molecule is O=C1COc2cc(C(=O)N3Cc4ccccc4C[C@H]3C(=O)O)ccc2N1. The number of rotatable bonds is 2. The fourth-order valence-corrected chi connectivity index (χ4v) is 3.33. The van der Waals surface area contributed by atoms with Gasteiger partial charge in [-0.15, -0.1) is 0 Å². The van der Waals surface area contributed by atoms with Crippen LogP contribution in [0.3, 0.4) is 0 Å². The van der Waals surface area contributed by atoms with E-state index >= 15 is 0 Å². The Kier molecular flexibility index (Phi) is 3.84. The molecule has 4 rings (SSSR count). The number of carbonyl (C=O) groups is 3. The number of anilines is 1. The van der Waals surface area contributed by atoms with E-state index in [0.29, 0.717) is 17.0 Å². The molecule has 0 aliphatic carbocycles. The van der Waals surface area contributed by atoms with Crippen LogP contribution in [0.5, 0.6) is 5.75 Å². The lowest BCUT2D eigenvalue weighted by Crippen LogP contribution is -2.48. The van der Waals surface area contributed by atoms with Gasteiger partial charge in [0.2, 0.25) is 0 Å². The van der Waals surface area contributed by atoms with Crippen LogP contribution in [0.15, 0.2) is 42.5 Å². The number of hydrogen-bond acceptors (Lipinski definition) is 4. The molecular formula is C19H16N2O5. The van der Waals surface area contributed by atoms with Gasteiger partial charge in [0.05, 0.1) is 5.69 Å². The van der Waals surface area contributed by atoms with Crippen molar-refractivity contribution in [1.29, 1.82) is 0 Å². The normalized spacial score (nSPS) is 18.2. The van der Waals surface area contributed by atoms with Gasteiger partial charge in [-0.3, -0.25) is 9.59 Å². The average molecular weight is 352 g/mol. The first kappa shape index (κ1) is 16.1. The third-order valence-corrected chi connectivity index (χ3v) is 4.66. The van der Waals surface area contributed by atoms with Gasteiger partial charge in [-0.1, -0.05) is 24.3 Å². The largest absolute Gasteiger partial charge is 0.482 e. The topological polar surface area (TPSA) is 95.9 Å². The molecule has 0 bridgehead atoms.